The normalized spacial score (nSPS) is 11.6. The van der Waals surface area contributed by atoms with Crippen LogP contribution in [0.25, 0.3) is 11.3 Å². The zero-order valence-corrected chi connectivity index (χ0v) is 12.6. The molecule has 0 saturated carbocycles. The Labute approximate surface area is 133 Å². The van der Waals surface area contributed by atoms with Crippen LogP contribution in [-0.4, -0.2) is 9.78 Å². The number of aryl methyl sites for hydroxylation is 1. The smallest absolute Gasteiger partial charge is 0.361 e. The number of benzene rings is 1. The summed E-state index contributed by atoms with van der Waals surface area (Å²) >= 11 is 11.6. The summed E-state index contributed by atoms with van der Waals surface area (Å²) in [6.07, 6.45) is -3.41. The Morgan fingerprint density at radius 3 is 2.45 bits per heavy atom. The largest absolute Gasteiger partial charge is 0.434 e. The number of aromatic nitrogens is 2. The second kappa shape index (κ2) is 5.81. The van der Waals surface area contributed by atoms with Crippen LogP contribution in [0.15, 0.2) is 24.9 Å². The van der Waals surface area contributed by atoms with Gasteiger partial charge >= 0.3 is 6.18 Å². The van der Waals surface area contributed by atoms with E-state index < -0.39 is 22.7 Å². The summed E-state index contributed by atoms with van der Waals surface area (Å²) in [7, 11) is 1.08. The molecule has 1 aromatic carbocycles. The molecular weight excluding hydrogens is 345 g/mol. The molecule has 118 valence electrons. The van der Waals surface area contributed by atoms with Crippen molar-refractivity contribution >= 4 is 28.9 Å². The highest BCUT2D eigenvalue weighted by atomic mass is 35.5. The van der Waals surface area contributed by atoms with Gasteiger partial charge in [0.25, 0.3) is 0 Å². The maximum Gasteiger partial charge on any atom is 0.434 e. The fourth-order valence-corrected chi connectivity index (χ4v) is 2.50. The van der Waals surface area contributed by atoms with Crippen LogP contribution in [0.4, 0.5) is 23.2 Å². The van der Waals surface area contributed by atoms with Crippen LogP contribution in [0, 0.1) is 5.82 Å². The molecule has 2 rings (SSSR count). The summed E-state index contributed by atoms with van der Waals surface area (Å²) in [6, 6.07) is 2.18. The van der Waals surface area contributed by atoms with Crippen molar-refractivity contribution in [2.45, 2.75) is 6.18 Å². The van der Waals surface area contributed by atoms with Gasteiger partial charge in [0, 0.05) is 12.6 Å². The van der Waals surface area contributed by atoms with E-state index >= 15 is 0 Å². The van der Waals surface area contributed by atoms with Crippen LogP contribution in [0.1, 0.15) is 5.69 Å². The molecule has 0 amide bonds. The highest BCUT2D eigenvalue weighted by Gasteiger charge is 2.39. The SMILES string of the molecule is C=CNc1cc(-c2nn(C)c(C(F)(F)F)c2Cl)c(F)cc1Cl. The lowest BCUT2D eigenvalue weighted by Crippen LogP contribution is -2.12. The maximum atomic E-state index is 14.0. The zero-order chi connectivity index (χ0) is 16.7. The second-order valence-corrected chi connectivity index (χ2v) is 5.08. The molecule has 22 heavy (non-hydrogen) atoms. The van der Waals surface area contributed by atoms with E-state index in [1.807, 2.05) is 0 Å². The minimum Gasteiger partial charge on any atom is -0.361 e. The van der Waals surface area contributed by atoms with Gasteiger partial charge in [0.15, 0.2) is 5.69 Å². The molecule has 0 aliphatic heterocycles. The van der Waals surface area contributed by atoms with Gasteiger partial charge in [-0.15, -0.1) is 0 Å². The van der Waals surface area contributed by atoms with Gasteiger partial charge in [-0.25, -0.2) is 4.39 Å². The Kier molecular flexibility index (Phi) is 4.39. The first kappa shape index (κ1) is 16.6. The van der Waals surface area contributed by atoms with E-state index in [1.165, 1.54) is 12.3 Å². The van der Waals surface area contributed by atoms with Crippen molar-refractivity contribution in [1.82, 2.24) is 9.78 Å². The van der Waals surface area contributed by atoms with E-state index in [0.717, 1.165) is 13.1 Å². The van der Waals surface area contributed by atoms with Gasteiger partial charge in [-0.3, -0.25) is 4.68 Å². The van der Waals surface area contributed by atoms with Crippen LogP contribution in [0.2, 0.25) is 10.0 Å². The summed E-state index contributed by atoms with van der Waals surface area (Å²) in [5.74, 6) is -0.840. The van der Waals surface area contributed by atoms with Crippen molar-refractivity contribution in [2.24, 2.45) is 7.05 Å². The first-order chi connectivity index (χ1) is 10.2. The van der Waals surface area contributed by atoms with Gasteiger partial charge in [0.2, 0.25) is 0 Å². The number of halogens is 6. The Morgan fingerprint density at radius 1 is 1.32 bits per heavy atom. The zero-order valence-electron chi connectivity index (χ0n) is 11.1. The molecule has 0 unspecified atom stereocenters. The molecule has 3 nitrogen and oxygen atoms in total. The van der Waals surface area contributed by atoms with Crippen LogP contribution in [-0.2, 0) is 13.2 Å². The fraction of sp³-hybridized carbons (Fsp3) is 0.154. The molecule has 0 fully saturated rings. The number of hydrogen-bond donors (Lipinski definition) is 1. The van der Waals surface area contributed by atoms with Gasteiger partial charge in [-0.05, 0) is 18.3 Å². The molecule has 0 radical (unpaired) electrons. The fourth-order valence-electron chi connectivity index (χ4n) is 1.93. The van der Waals surface area contributed by atoms with E-state index in [0.29, 0.717) is 4.68 Å². The standard InChI is InChI=1S/C13H9Cl2F4N3/c1-3-20-9-4-6(8(16)5-7(9)14)11-10(15)12(13(17,18)19)22(2)21-11/h3-5,20H,1H2,2H3. The van der Waals surface area contributed by atoms with Crippen molar-refractivity contribution < 1.29 is 17.6 Å². The first-order valence-corrected chi connectivity index (χ1v) is 6.59. The quantitative estimate of drug-likeness (QED) is 0.777. The van der Waals surface area contributed by atoms with Gasteiger partial charge in [0.05, 0.1) is 15.7 Å². The number of alkyl halides is 3. The Balaban J connectivity index is 2.67. The van der Waals surface area contributed by atoms with E-state index in [4.69, 9.17) is 23.2 Å². The first-order valence-electron chi connectivity index (χ1n) is 5.83. The van der Waals surface area contributed by atoms with E-state index in [2.05, 4.69) is 17.0 Å². The molecule has 1 heterocycles. The number of nitrogens with one attached hydrogen (secondary N) is 1. The van der Waals surface area contributed by atoms with Crippen LogP contribution < -0.4 is 5.32 Å². The average Bonchev–Trinajstić information content (AvgIpc) is 2.67. The van der Waals surface area contributed by atoms with E-state index in [1.54, 1.807) is 0 Å². The van der Waals surface area contributed by atoms with Crippen molar-refractivity contribution in [2.75, 3.05) is 5.32 Å². The third kappa shape index (κ3) is 2.91. The molecule has 0 aliphatic rings. The third-order valence-corrected chi connectivity index (χ3v) is 3.50. The van der Waals surface area contributed by atoms with Crippen molar-refractivity contribution in [3.63, 3.8) is 0 Å². The summed E-state index contributed by atoms with van der Waals surface area (Å²) in [6.45, 7) is 3.43. The third-order valence-electron chi connectivity index (χ3n) is 2.83. The predicted octanol–water partition coefficient (Wildman–Crippen LogP) is 5.11. The Morgan fingerprint density at radius 2 is 1.95 bits per heavy atom. The highest BCUT2D eigenvalue weighted by molar-refractivity contribution is 6.34. The van der Waals surface area contributed by atoms with E-state index in [9.17, 15) is 17.6 Å². The molecular formula is C13H9Cl2F4N3. The highest BCUT2D eigenvalue weighted by Crippen LogP contribution is 2.41. The molecule has 0 atom stereocenters. The van der Waals surface area contributed by atoms with Gasteiger partial charge in [0.1, 0.15) is 11.5 Å². The van der Waals surface area contributed by atoms with E-state index in [-0.39, 0.29) is 22.0 Å². The molecule has 1 aromatic heterocycles. The Hall–Kier alpha value is -1.73. The molecule has 0 aliphatic carbocycles. The minimum absolute atomic E-state index is 0.0456. The average molecular weight is 354 g/mol. The lowest BCUT2D eigenvalue weighted by Gasteiger charge is -2.08. The molecule has 0 bridgehead atoms. The predicted molar refractivity (Wildman–Crippen MR) is 77.4 cm³/mol. The lowest BCUT2D eigenvalue weighted by molar-refractivity contribution is -0.143. The van der Waals surface area contributed by atoms with Crippen molar-refractivity contribution in [3.8, 4) is 11.3 Å². The summed E-state index contributed by atoms with van der Waals surface area (Å²) < 4.78 is 53.4. The van der Waals surface area contributed by atoms with Gasteiger partial charge in [-0.2, -0.15) is 18.3 Å². The molecule has 2 aromatic rings. The number of rotatable bonds is 3. The molecule has 0 saturated heterocycles. The van der Waals surface area contributed by atoms with Crippen molar-refractivity contribution in [1.29, 1.82) is 0 Å². The molecule has 0 spiro atoms. The maximum absolute atomic E-state index is 14.0. The number of anilines is 1. The van der Waals surface area contributed by atoms with Crippen LogP contribution >= 0.6 is 23.2 Å². The van der Waals surface area contributed by atoms with Gasteiger partial charge in [-0.1, -0.05) is 29.8 Å². The number of nitrogens with zero attached hydrogens (tertiary/aromatic N) is 2. The van der Waals surface area contributed by atoms with Crippen molar-refractivity contribution in [3.05, 3.63) is 46.5 Å². The summed E-state index contributed by atoms with van der Waals surface area (Å²) in [5, 5.41) is 5.68. The summed E-state index contributed by atoms with van der Waals surface area (Å²) in [5.41, 5.74) is -1.41. The van der Waals surface area contributed by atoms with Crippen LogP contribution in [0.3, 0.4) is 0 Å². The molecule has 9 heteroatoms. The molecule has 1 N–H and O–H groups in total. The lowest BCUT2D eigenvalue weighted by atomic mass is 10.1. The van der Waals surface area contributed by atoms with Crippen LogP contribution in [0.5, 0.6) is 0 Å². The Bertz CT molecular complexity index is 738. The minimum atomic E-state index is -4.71. The topological polar surface area (TPSA) is 29.9 Å². The summed E-state index contributed by atoms with van der Waals surface area (Å²) in [4.78, 5) is 0. The second-order valence-electron chi connectivity index (χ2n) is 4.29. The monoisotopic (exact) mass is 353 g/mol. The number of hydrogen-bond acceptors (Lipinski definition) is 2. The van der Waals surface area contributed by atoms with Gasteiger partial charge < -0.3 is 5.32 Å².